The molecule has 1 aliphatic rings. The second-order valence-corrected chi connectivity index (χ2v) is 6.31. The summed E-state index contributed by atoms with van der Waals surface area (Å²) in [7, 11) is 0. The Balaban J connectivity index is 2.10. The Morgan fingerprint density at radius 3 is 2.53 bits per heavy atom. The molecule has 17 heavy (non-hydrogen) atoms. The number of hydrogen-bond acceptors (Lipinski definition) is 4. The van der Waals surface area contributed by atoms with Crippen LogP contribution in [0.3, 0.4) is 0 Å². The Kier molecular flexibility index (Phi) is 3.02. The van der Waals surface area contributed by atoms with Gasteiger partial charge in [-0.2, -0.15) is 4.98 Å². The van der Waals surface area contributed by atoms with E-state index in [9.17, 15) is 0 Å². The van der Waals surface area contributed by atoms with Crippen molar-refractivity contribution in [1.82, 2.24) is 10.1 Å². The molecule has 0 unspecified atom stereocenters. The maximum absolute atomic E-state index is 8.90. The van der Waals surface area contributed by atoms with Gasteiger partial charge < -0.3 is 9.63 Å². The molecule has 1 aromatic rings. The lowest BCUT2D eigenvalue weighted by molar-refractivity contribution is 0.106. The summed E-state index contributed by atoms with van der Waals surface area (Å²) in [5.74, 6) is 1.63. The van der Waals surface area contributed by atoms with E-state index in [4.69, 9.17) is 9.63 Å². The number of aliphatic hydroxyl groups excluding tert-OH is 1. The highest BCUT2D eigenvalue weighted by Gasteiger charge is 2.48. The number of nitrogens with zero attached hydrogens (tertiary/aromatic N) is 2. The SMILES string of the molecule is CC1(C)CC[C@@H](Cc2noc(CO)n2)C1(C)C. The smallest absolute Gasteiger partial charge is 0.252 e. The van der Waals surface area contributed by atoms with E-state index in [-0.39, 0.29) is 12.0 Å². The van der Waals surface area contributed by atoms with Crippen molar-refractivity contribution in [3.8, 4) is 0 Å². The average Bonchev–Trinajstić information content (AvgIpc) is 2.77. The molecular formula is C13H22N2O2. The van der Waals surface area contributed by atoms with Crippen molar-refractivity contribution in [3.63, 3.8) is 0 Å². The summed E-state index contributed by atoms with van der Waals surface area (Å²) in [4.78, 5) is 4.18. The average molecular weight is 238 g/mol. The standard InChI is InChI=1S/C13H22N2O2/c1-12(2)6-5-9(13(12,3)4)7-10-14-11(8-16)17-15-10/h9,16H,5-8H2,1-4H3/t9-/m0/s1. The van der Waals surface area contributed by atoms with Gasteiger partial charge in [0, 0.05) is 6.42 Å². The van der Waals surface area contributed by atoms with Crippen molar-refractivity contribution in [2.24, 2.45) is 16.7 Å². The largest absolute Gasteiger partial charge is 0.387 e. The van der Waals surface area contributed by atoms with Crippen molar-refractivity contribution >= 4 is 0 Å². The number of aromatic nitrogens is 2. The van der Waals surface area contributed by atoms with Gasteiger partial charge in [-0.05, 0) is 29.6 Å². The fourth-order valence-electron chi connectivity index (χ4n) is 2.79. The Morgan fingerprint density at radius 2 is 2.06 bits per heavy atom. The molecule has 1 saturated carbocycles. The number of rotatable bonds is 3. The number of aliphatic hydroxyl groups is 1. The Hall–Kier alpha value is -0.900. The van der Waals surface area contributed by atoms with E-state index >= 15 is 0 Å². The molecule has 1 atom stereocenters. The van der Waals surface area contributed by atoms with Crippen LogP contribution < -0.4 is 0 Å². The molecular weight excluding hydrogens is 216 g/mol. The molecule has 1 N–H and O–H groups in total. The minimum atomic E-state index is -0.174. The van der Waals surface area contributed by atoms with Crippen LogP contribution in [0.15, 0.2) is 4.52 Å². The van der Waals surface area contributed by atoms with Gasteiger partial charge in [0.1, 0.15) is 6.61 Å². The highest BCUT2D eigenvalue weighted by molar-refractivity contribution is 5.01. The third kappa shape index (κ3) is 2.10. The summed E-state index contributed by atoms with van der Waals surface area (Å²) in [5, 5.41) is 12.8. The van der Waals surface area contributed by atoms with Gasteiger partial charge in [-0.25, -0.2) is 0 Å². The first-order valence-corrected chi connectivity index (χ1v) is 6.29. The summed E-state index contributed by atoms with van der Waals surface area (Å²) in [5.41, 5.74) is 0.647. The second-order valence-electron chi connectivity index (χ2n) is 6.31. The first kappa shape index (κ1) is 12.6. The molecule has 0 saturated heterocycles. The normalized spacial score (nSPS) is 26.3. The molecule has 0 amide bonds. The number of hydrogen-bond donors (Lipinski definition) is 1. The van der Waals surface area contributed by atoms with Crippen LogP contribution in [0.1, 0.15) is 52.3 Å². The molecule has 1 fully saturated rings. The molecule has 96 valence electrons. The first-order chi connectivity index (χ1) is 7.87. The van der Waals surface area contributed by atoms with Crippen molar-refractivity contribution in [1.29, 1.82) is 0 Å². The Bertz CT molecular complexity index is 396. The summed E-state index contributed by atoms with van der Waals surface area (Å²) in [6.45, 7) is 9.16. The molecule has 0 aliphatic heterocycles. The molecule has 1 aliphatic carbocycles. The Morgan fingerprint density at radius 1 is 1.35 bits per heavy atom. The maximum atomic E-state index is 8.90. The molecule has 1 aromatic heterocycles. The molecule has 4 nitrogen and oxygen atoms in total. The highest BCUT2D eigenvalue weighted by Crippen LogP contribution is 2.56. The van der Waals surface area contributed by atoms with Gasteiger partial charge >= 0.3 is 0 Å². The zero-order valence-electron chi connectivity index (χ0n) is 11.2. The van der Waals surface area contributed by atoms with Gasteiger partial charge in [0.15, 0.2) is 5.82 Å². The third-order valence-electron chi connectivity index (χ3n) is 4.96. The van der Waals surface area contributed by atoms with E-state index in [0.29, 0.717) is 17.2 Å². The van der Waals surface area contributed by atoms with Gasteiger partial charge in [-0.1, -0.05) is 32.9 Å². The van der Waals surface area contributed by atoms with Gasteiger partial charge in [0.25, 0.3) is 5.89 Å². The predicted molar refractivity (Wildman–Crippen MR) is 64.2 cm³/mol. The third-order valence-corrected chi connectivity index (χ3v) is 4.96. The molecule has 0 bridgehead atoms. The van der Waals surface area contributed by atoms with E-state index in [2.05, 4.69) is 37.8 Å². The van der Waals surface area contributed by atoms with Crippen molar-refractivity contribution in [3.05, 3.63) is 11.7 Å². The second kappa shape index (κ2) is 4.09. The predicted octanol–water partition coefficient (Wildman–Crippen LogP) is 2.57. The zero-order chi connectivity index (χ0) is 12.7. The molecule has 0 aromatic carbocycles. The lowest BCUT2D eigenvalue weighted by Gasteiger charge is -2.39. The topological polar surface area (TPSA) is 59.2 Å². The van der Waals surface area contributed by atoms with E-state index < -0.39 is 0 Å². The fourth-order valence-corrected chi connectivity index (χ4v) is 2.79. The van der Waals surface area contributed by atoms with Crippen molar-refractivity contribution in [2.75, 3.05) is 0 Å². The van der Waals surface area contributed by atoms with Gasteiger partial charge in [0.05, 0.1) is 0 Å². The van der Waals surface area contributed by atoms with E-state index in [1.807, 2.05) is 0 Å². The lowest BCUT2D eigenvalue weighted by atomic mass is 9.66. The van der Waals surface area contributed by atoms with Crippen LogP contribution in [-0.2, 0) is 13.0 Å². The lowest BCUT2D eigenvalue weighted by Crippen LogP contribution is -2.32. The summed E-state index contributed by atoms with van der Waals surface area (Å²) >= 11 is 0. The monoisotopic (exact) mass is 238 g/mol. The van der Waals surface area contributed by atoms with Crippen molar-refractivity contribution in [2.45, 2.75) is 53.6 Å². The van der Waals surface area contributed by atoms with Gasteiger partial charge in [-0.3, -0.25) is 0 Å². The van der Waals surface area contributed by atoms with E-state index in [1.165, 1.54) is 12.8 Å². The maximum Gasteiger partial charge on any atom is 0.252 e. The van der Waals surface area contributed by atoms with Crippen LogP contribution in [0.25, 0.3) is 0 Å². The first-order valence-electron chi connectivity index (χ1n) is 6.29. The van der Waals surface area contributed by atoms with Gasteiger partial charge in [0.2, 0.25) is 0 Å². The zero-order valence-corrected chi connectivity index (χ0v) is 11.2. The highest BCUT2D eigenvalue weighted by atomic mass is 16.5. The fraction of sp³-hybridized carbons (Fsp3) is 0.846. The van der Waals surface area contributed by atoms with Crippen LogP contribution in [-0.4, -0.2) is 15.2 Å². The van der Waals surface area contributed by atoms with Crippen LogP contribution >= 0.6 is 0 Å². The summed E-state index contributed by atoms with van der Waals surface area (Å²) in [6, 6.07) is 0. The minimum absolute atomic E-state index is 0.174. The molecule has 0 radical (unpaired) electrons. The summed E-state index contributed by atoms with van der Waals surface area (Å²) in [6.07, 6.45) is 3.30. The van der Waals surface area contributed by atoms with Crippen LogP contribution in [0.4, 0.5) is 0 Å². The van der Waals surface area contributed by atoms with Crippen LogP contribution in [0, 0.1) is 16.7 Å². The molecule has 4 heteroatoms. The molecule has 2 rings (SSSR count). The molecule has 0 spiro atoms. The van der Waals surface area contributed by atoms with Crippen molar-refractivity contribution < 1.29 is 9.63 Å². The molecule has 1 heterocycles. The van der Waals surface area contributed by atoms with E-state index in [0.717, 1.165) is 12.2 Å². The van der Waals surface area contributed by atoms with E-state index in [1.54, 1.807) is 0 Å². The van der Waals surface area contributed by atoms with Crippen LogP contribution in [0.5, 0.6) is 0 Å². The Labute approximate surface area is 102 Å². The minimum Gasteiger partial charge on any atom is -0.387 e. The quantitative estimate of drug-likeness (QED) is 0.879. The van der Waals surface area contributed by atoms with Crippen LogP contribution in [0.2, 0.25) is 0 Å². The van der Waals surface area contributed by atoms with Gasteiger partial charge in [-0.15, -0.1) is 0 Å². The summed E-state index contributed by atoms with van der Waals surface area (Å²) < 4.78 is 4.93.